The highest BCUT2D eigenvalue weighted by Crippen LogP contribution is 2.13. The van der Waals surface area contributed by atoms with Crippen LogP contribution in [0.15, 0.2) is 24.5 Å². The van der Waals surface area contributed by atoms with E-state index in [0.29, 0.717) is 17.3 Å². The molecule has 0 aromatic carbocycles. The number of nitrogens with one attached hydrogen (secondary N) is 2. The third-order valence-electron chi connectivity index (χ3n) is 1.82. The molecule has 0 saturated carbocycles. The molecule has 0 saturated heterocycles. The molecule has 2 heterocycles. The number of aromatic amines is 1. The van der Waals surface area contributed by atoms with E-state index in [1.807, 2.05) is 24.5 Å². The number of nitrogens with zero attached hydrogens (tertiary/aromatic N) is 3. The second-order valence-corrected chi connectivity index (χ2v) is 3.02. The van der Waals surface area contributed by atoms with Crippen LogP contribution in [0.1, 0.15) is 11.5 Å². The molecule has 0 unspecified atom stereocenters. The Balaban J connectivity index is 2.29. The van der Waals surface area contributed by atoms with E-state index < -0.39 is 0 Å². The molecule has 5 heteroatoms. The van der Waals surface area contributed by atoms with Crippen molar-refractivity contribution in [2.45, 2.75) is 6.92 Å². The van der Waals surface area contributed by atoms with Crippen LogP contribution in [0.3, 0.4) is 0 Å². The van der Waals surface area contributed by atoms with Crippen LogP contribution >= 0.6 is 0 Å². The molecule has 74 valence electrons. The van der Waals surface area contributed by atoms with Gasteiger partial charge in [-0.1, -0.05) is 0 Å². The van der Waals surface area contributed by atoms with Gasteiger partial charge >= 0.3 is 0 Å². The summed E-state index contributed by atoms with van der Waals surface area (Å²) in [5.74, 6) is 1.20. The molecule has 2 N–H and O–H groups in total. The number of hydrogen-bond acceptors (Lipinski definition) is 4. The molecule has 0 fully saturated rings. The molecule has 0 amide bonds. The van der Waals surface area contributed by atoms with Gasteiger partial charge in [0.25, 0.3) is 0 Å². The lowest BCUT2D eigenvalue weighted by molar-refractivity contribution is 1.04. The Morgan fingerprint density at radius 2 is 2.33 bits per heavy atom. The monoisotopic (exact) mass is 199 g/mol. The zero-order valence-electron chi connectivity index (χ0n) is 8.15. The van der Waals surface area contributed by atoms with Gasteiger partial charge in [0.15, 0.2) is 0 Å². The average Bonchev–Trinajstić information content (AvgIpc) is 2.69. The first-order valence-electron chi connectivity index (χ1n) is 4.43. The Hall–Kier alpha value is -2.35. The molecule has 0 spiro atoms. The van der Waals surface area contributed by atoms with Gasteiger partial charge < -0.3 is 10.3 Å². The minimum absolute atomic E-state index is 0.362. The third-order valence-corrected chi connectivity index (χ3v) is 1.82. The van der Waals surface area contributed by atoms with Crippen molar-refractivity contribution in [2.75, 3.05) is 5.32 Å². The standard InChI is InChI=1S/C10H9N5/c1-7-13-9(5-11)4-10(14-7)15-8-2-3-12-6-8/h2-4,6,12H,1H3,(H,13,14,15). The van der Waals surface area contributed by atoms with Crippen LogP contribution in [0.5, 0.6) is 0 Å². The smallest absolute Gasteiger partial charge is 0.146 e. The molecule has 0 aliphatic rings. The maximum Gasteiger partial charge on any atom is 0.146 e. The summed E-state index contributed by atoms with van der Waals surface area (Å²) in [6, 6.07) is 5.48. The second-order valence-electron chi connectivity index (χ2n) is 3.02. The normalized spacial score (nSPS) is 9.60. The zero-order chi connectivity index (χ0) is 10.7. The van der Waals surface area contributed by atoms with Crippen molar-refractivity contribution in [3.8, 4) is 6.07 Å². The molecule has 2 aromatic heterocycles. The van der Waals surface area contributed by atoms with Crippen LogP contribution in [0.2, 0.25) is 0 Å². The molecule has 5 nitrogen and oxygen atoms in total. The summed E-state index contributed by atoms with van der Waals surface area (Å²) in [5.41, 5.74) is 1.26. The van der Waals surface area contributed by atoms with Crippen LogP contribution in [0, 0.1) is 18.3 Å². The van der Waals surface area contributed by atoms with Crippen LogP contribution in [-0.2, 0) is 0 Å². The van der Waals surface area contributed by atoms with Crippen molar-refractivity contribution in [3.05, 3.63) is 36.0 Å². The molecule has 15 heavy (non-hydrogen) atoms. The van der Waals surface area contributed by atoms with E-state index >= 15 is 0 Å². The van der Waals surface area contributed by atoms with E-state index in [2.05, 4.69) is 20.3 Å². The SMILES string of the molecule is Cc1nc(C#N)cc(Nc2cc[nH]c2)n1. The van der Waals surface area contributed by atoms with E-state index in [1.54, 1.807) is 13.0 Å². The van der Waals surface area contributed by atoms with Crippen LogP contribution in [0.25, 0.3) is 0 Å². The number of hydrogen-bond donors (Lipinski definition) is 2. The van der Waals surface area contributed by atoms with Crippen LogP contribution in [-0.4, -0.2) is 15.0 Å². The third kappa shape index (κ3) is 2.11. The van der Waals surface area contributed by atoms with Gasteiger partial charge in [-0.15, -0.1) is 0 Å². The summed E-state index contributed by atoms with van der Waals surface area (Å²) in [6.07, 6.45) is 3.62. The molecule has 2 rings (SSSR count). The summed E-state index contributed by atoms with van der Waals surface area (Å²) in [5, 5.41) is 11.8. The van der Waals surface area contributed by atoms with Crippen molar-refractivity contribution >= 4 is 11.5 Å². The maximum atomic E-state index is 8.74. The fourth-order valence-electron chi connectivity index (χ4n) is 1.24. The second kappa shape index (κ2) is 3.80. The van der Waals surface area contributed by atoms with E-state index in [1.165, 1.54) is 0 Å². The maximum absolute atomic E-state index is 8.74. The summed E-state index contributed by atoms with van der Waals surface area (Å²) < 4.78 is 0. The molecular weight excluding hydrogens is 190 g/mol. The largest absolute Gasteiger partial charge is 0.366 e. The van der Waals surface area contributed by atoms with Crippen molar-refractivity contribution in [1.82, 2.24) is 15.0 Å². The quantitative estimate of drug-likeness (QED) is 0.772. The van der Waals surface area contributed by atoms with Gasteiger partial charge in [-0.05, 0) is 13.0 Å². The first-order valence-corrected chi connectivity index (χ1v) is 4.43. The highest BCUT2D eigenvalue weighted by molar-refractivity contribution is 5.55. The Kier molecular flexibility index (Phi) is 2.33. The summed E-state index contributed by atoms with van der Waals surface area (Å²) >= 11 is 0. The van der Waals surface area contributed by atoms with Gasteiger partial charge in [0, 0.05) is 18.5 Å². The number of nitriles is 1. The lowest BCUT2D eigenvalue weighted by Crippen LogP contribution is -1.98. The predicted octanol–water partition coefficient (Wildman–Crippen LogP) is 1.73. The highest BCUT2D eigenvalue weighted by Gasteiger charge is 2.01. The first-order chi connectivity index (χ1) is 7.28. The van der Waals surface area contributed by atoms with Crippen molar-refractivity contribution < 1.29 is 0 Å². The zero-order valence-corrected chi connectivity index (χ0v) is 8.15. The van der Waals surface area contributed by atoms with Gasteiger partial charge in [-0.25, -0.2) is 9.97 Å². The van der Waals surface area contributed by atoms with E-state index in [-0.39, 0.29) is 0 Å². The fourth-order valence-corrected chi connectivity index (χ4v) is 1.24. The number of aryl methyl sites for hydroxylation is 1. The number of rotatable bonds is 2. The van der Waals surface area contributed by atoms with Crippen LogP contribution < -0.4 is 5.32 Å². The lowest BCUT2D eigenvalue weighted by Gasteiger charge is -2.03. The molecule has 0 bridgehead atoms. The molecule has 0 aliphatic carbocycles. The van der Waals surface area contributed by atoms with Gasteiger partial charge in [0.2, 0.25) is 0 Å². The lowest BCUT2D eigenvalue weighted by atomic mass is 10.4. The molecule has 0 radical (unpaired) electrons. The van der Waals surface area contributed by atoms with Gasteiger partial charge in [-0.3, -0.25) is 0 Å². The van der Waals surface area contributed by atoms with Gasteiger partial charge in [-0.2, -0.15) is 5.26 Å². The summed E-state index contributed by atoms with van der Waals surface area (Å²) in [7, 11) is 0. The topological polar surface area (TPSA) is 77.4 Å². The minimum Gasteiger partial charge on any atom is -0.366 e. The molecular formula is C10H9N5. The number of aromatic nitrogens is 3. The number of H-pyrrole nitrogens is 1. The van der Waals surface area contributed by atoms with Crippen LogP contribution in [0.4, 0.5) is 11.5 Å². The Bertz CT molecular complexity index is 495. The van der Waals surface area contributed by atoms with E-state index in [0.717, 1.165) is 5.69 Å². The Morgan fingerprint density at radius 1 is 1.47 bits per heavy atom. The Morgan fingerprint density at radius 3 is 3.00 bits per heavy atom. The molecule has 2 aromatic rings. The van der Waals surface area contributed by atoms with Crippen molar-refractivity contribution in [3.63, 3.8) is 0 Å². The molecule has 0 aliphatic heterocycles. The fraction of sp³-hybridized carbons (Fsp3) is 0.100. The first kappa shape index (κ1) is 9.21. The van der Waals surface area contributed by atoms with Gasteiger partial charge in [0.05, 0.1) is 5.69 Å². The minimum atomic E-state index is 0.362. The van der Waals surface area contributed by atoms with Gasteiger partial charge in [0.1, 0.15) is 23.4 Å². The highest BCUT2D eigenvalue weighted by atomic mass is 15.0. The average molecular weight is 199 g/mol. The van der Waals surface area contributed by atoms with E-state index in [9.17, 15) is 0 Å². The predicted molar refractivity (Wildman–Crippen MR) is 55.6 cm³/mol. The van der Waals surface area contributed by atoms with E-state index in [4.69, 9.17) is 5.26 Å². The van der Waals surface area contributed by atoms with Crippen molar-refractivity contribution in [1.29, 1.82) is 5.26 Å². The molecule has 0 atom stereocenters. The Labute approximate surface area is 86.8 Å². The van der Waals surface area contributed by atoms with Crippen molar-refractivity contribution in [2.24, 2.45) is 0 Å². The number of anilines is 2. The summed E-state index contributed by atoms with van der Waals surface area (Å²) in [6.45, 7) is 1.75. The summed E-state index contributed by atoms with van der Waals surface area (Å²) in [4.78, 5) is 11.1.